The lowest BCUT2D eigenvalue weighted by Crippen LogP contribution is -2.49. The molecule has 0 unspecified atom stereocenters. The van der Waals surface area contributed by atoms with E-state index in [0.29, 0.717) is 25.2 Å². The van der Waals surface area contributed by atoms with Gasteiger partial charge in [0.1, 0.15) is 12.7 Å². The van der Waals surface area contributed by atoms with E-state index in [4.69, 9.17) is 5.11 Å². The zero-order valence-electron chi connectivity index (χ0n) is 12.3. The molecule has 1 N–H and O–H groups in total. The average molecular weight is 301 g/mol. The van der Waals surface area contributed by atoms with Crippen LogP contribution in [0.1, 0.15) is 10.4 Å². The van der Waals surface area contributed by atoms with Crippen molar-refractivity contribution in [2.24, 2.45) is 0 Å². The monoisotopic (exact) mass is 301 g/mol. The Balaban J connectivity index is 1.69. The number of amides is 1. The van der Waals surface area contributed by atoms with E-state index < -0.39 is 0 Å². The molecular weight excluding hydrogens is 282 g/mol. The summed E-state index contributed by atoms with van der Waals surface area (Å²) in [6.07, 6.45) is 3.08. The number of hydrogen-bond donors (Lipinski definition) is 1. The van der Waals surface area contributed by atoms with Gasteiger partial charge in [-0.3, -0.25) is 9.69 Å². The fourth-order valence-corrected chi connectivity index (χ4v) is 2.62. The van der Waals surface area contributed by atoms with Crippen LogP contribution in [0.4, 0.5) is 0 Å². The summed E-state index contributed by atoms with van der Waals surface area (Å²) < 4.78 is 1.63. The smallest absolute Gasteiger partial charge is 0.254 e. The van der Waals surface area contributed by atoms with Crippen molar-refractivity contribution in [3.8, 4) is 5.69 Å². The second kappa shape index (κ2) is 6.67. The molecule has 1 amide bonds. The molecule has 1 aliphatic heterocycles. The molecule has 0 atom stereocenters. The highest BCUT2D eigenvalue weighted by Gasteiger charge is 2.22. The Morgan fingerprint density at radius 2 is 2.05 bits per heavy atom. The molecule has 0 radical (unpaired) electrons. The van der Waals surface area contributed by atoms with Gasteiger partial charge >= 0.3 is 0 Å². The molecule has 2 heterocycles. The molecule has 1 aromatic carbocycles. The highest BCUT2D eigenvalue weighted by Crippen LogP contribution is 2.13. The van der Waals surface area contributed by atoms with E-state index in [9.17, 15) is 4.79 Å². The number of rotatable bonds is 4. The minimum Gasteiger partial charge on any atom is -0.395 e. The van der Waals surface area contributed by atoms with Crippen LogP contribution >= 0.6 is 0 Å². The van der Waals surface area contributed by atoms with Crippen LogP contribution < -0.4 is 0 Å². The van der Waals surface area contributed by atoms with Crippen LogP contribution in [0.25, 0.3) is 5.69 Å². The van der Waals surface area contributed by atoms with Gasteiger partial charge in [-0.15, -0.1) is 0 Å². The fourth-order valence-electron chi connectivity index (χ4n) is 2.62. The molecule has 7 nitrogen and oxygen atoms in total. The van der Waals surface area contributed by atoms with Gasteiger partial charge in [0.15, 0.2) is 0 Å². The van der Waals surface area contributed by atoms with Crippen molar-refractivity contribution in [2.45, 2.75) is 0 Å². The van der Waals surface area contributed by atoms with Crippen molar-refractivity contribution in [2.75, 3.05) is 39.3 Å². The minimum absolute atomic E-state index is 0.0330. The fraction of sp³-hybridized carbons (Fsp3) is 0.400. The van der Waals surface area contributed by atoms with Gasteiger partial charge in [0.05, 0.1) is 12.3 Å². The molecule has 7 heteroatoms. The zero-order chi connectivity index (χ0) is 15.4. The third kappa shape index (κ3) is 3.15. The number of benzene rings is 1. The molecule has 1 fully saturated rings. The molecule has 2 aromatic rings. The zero-order valence-corrected chi connectivity index (χ0v) is 12.3. The first-order valence-corrected chi connectivity index (χ1v) is 7.35. The number of piperazine rings is 1. The minimum atomic E-state index is 0.0330. The molecule has 0 aliphatic carbocycles. The Bertz CT molecular complexity index is 621. The average Bonchev–Trinajstić information content (AvgIpc) is 3.10. The standard InChI is InChI=1S/C15H19N5O2/c21-9-8-18-4-6-19(7-5-18)15(22)13-2-1-3-14(10-13)20-12-16-11-17-20/h1-3,10-12,21H,4-9H2. The van der Waals surface area contributed by atoms with Gasteiger partial charge in [-0.1, -0.05) is 6.07 Å². The highest BCUT2D eigenvalue weighted by atomic mass is 16.3. The van der Waals surface area contributed by atoms with Crippen LogP contribution in [0.15, 0.2) is 36.9 Å². The number of carbonyl (C=O) groups is 1. The Morgan fingerprint density at radius 1 is 1.23 bits per heavy atom. The van der Waals surface area contributed by atoms with E-state index in [1.54, 1.807) is 11.0 Å². The predicted molar refractivity (Wildman–Crippen MR) is 80.8 cm³/mol. The van der Waals surface area contributed by atoms with Gasteiger partial charge in [-0.05, 0) is 18.2 Å². The Hall–Kier alpha value is -2.25. The predicted octanol–water partition coefficient (Wildman–Crippen LogP) is 0.0174. The lowest BCUT2D eigenvalue weighted by molar-refractivity contribution is 0.0615. The molecule has 3 rings (SSSR count). The lowest BCUT2D eigenvalue weighted by atomic mass is 10.1. The molecule has 0 spiro atoms. The van der Waals surface area contributed by atoms with E-state index in [1.165, 1.54) is 6.33 Å². The molecule has 1 aliphatic rings. The van der Waals surface area contributed by atoms with Gasteiger partial charge in [0, 0.05) is 38.3 Å². The summed E-state index contributed by atoms with van der Waals surface area (Å²) in [5, 5.41) is 13.0. The SMILES string of the molecule is O=C(c1cccc(-n2cncn2)c1)N1CCN(CCO)CC1. The summed E-state index contributed by atoms with van der Waals surface area (Å²) in [4.78, 5) is 20.5. The maximum atomic E-state index is 12.6. The third-order valence-electron chi connectivity index (χ3n) is 3.85. The second-order valence-corrected chi connectivity index (χ2v) is 5.25. The largest absolute Gasteiger partial charge is 0.395 e. The van der Waals surface area contributed by atoms with Gasteiger partial charge in [-0.25, -0.2) is 9.67 Å². The van der Waals surface area contributed by atoms with Crippen LogP contribution in [-0.2, 0) is 0 Å². The molecule has 0 bridgehead atoms. The van der Waals surface area contributed by atoms with Crippen LogP contribution in [0.2, 0.25) is 0 Å². The van der Waals surface area contributed by atoms with Gasteiger partial charge in [0.25, 0.3) is 5.91 Å². The van der Waals surface area contributed by atoms with Gasteiger partial charge in [-0.2, -0.15) is 5.10 Å². The maximum Gasteiger partial charge on any atom is 0.254 e. The van der Waals surface area contributed by atoms with E-state index >= 15 is 0 Å². The molecule has 1 aromatic heterocycles. The van der Waals surface area contributed by atoms with Crippen LogP contribution in [0.3, 0.4) is 0 Å². The first-order chi connectivity index (χ1) is 10.8. The van der Waals surface area contributed by atoms with Crippen molar-refractivity contribution in [1.82, 2.24) is 24.6 Å². The number of carbonyl (C=O) groups excluding carboxylic acids is 1. The number of aliphatic hydroxyl groups excluding tert-OH is 1. The number of aliphatic hydroxyl groups is 1. The second-order valence-electron chi connectivity index (χ2n) is 5.25. The quantitative estimate of drug-likeness (QED) is 0.861. The van der Waals surface area contributed by atoms with Crippen LogP contribution in [0, 0.1) is 0 Å². The van der Waals surface area contributed by atoms with E-state index in [-0.39, 0.29) is 12.5 Å². The van der Waals surface area contributed by atoms with Gasteiger partial charge < -0.3 is 10.0 Å². The van der Waals surface area contributed by atoms with Crippen LogP contribution in [0.5, 0.6) is 0 Å². The molecule has 1 saturated heterocycles. The maximum absolute atomic E-state index is 12.6. The van der Waals surface area contributed by atoms with Crippen LogP contribution in [-0.4, -0.2) is 74.9 Å². The van der Waals surface area contributed by atoms with Crippen molar-refractivity contribution >= 4 is 5.91 Å². The number of hydrogen-bond acceptors (Lipinski definition) is 5. The van der Waals surface area contributed by atoms with E-state index in [0.717, 1.165) is 18.8 Å². The normalized spacial score (nSPS) is 16.0. The Labute approximate surface area is 128 Å². The molecule has 0 saturated carbocycles. The Morgan fingerprint density at radius 3 is 2.73 bits per heavy atom. The molecular formula is C15H19N5O2. The van der Waals surface area contributed by atoms with Crippen molar-refractivity contribution in [3.63, 3.8) is 0 Å². The van der Waals surface area contributed by atoms with Crippen molar-refractivity contribution in [1.29, 1.82) is 0 Å². The number of nitrogens with zero attached hydrogens (tertiary/aromatic N) is 5. The lowest BCUT2D eigenvalue weighted by Gasteiger charge is -2.34. The van der Waals surface area contributed by atoms with E-state index in [2.05, 4.69) is 15.0 Å². The number of aromatic nitrogens is 3. The topological polar surface area (TPSA) is 74.5 Å². The first kappa shape index (κ1) is 14.7. The first-order valence-electron chi connectivity index (χ1n) is 7.35. The van der Waals surface area contributed by atoms with Crippen molar-refractivity contribution in [3.05, 3.63) is 42.5 Å². The summed E-state index contributed by atoms with van der Waals surface area (Å²) in [5.41, 5.74) is 1.48. The Kier molecular flexibility index (Phi) is 4.45. The summed E-state index contributed by atoms with van der Waals surface area (Å²) in [6, 6.07) is 7.40. The summed E-state index contributed by atoms with van der Waals surface area (Å²) in [7, 11) is 0. The van der Waals surface area contributed by atoms with Gasteiger partial charge in [0.2, 0.25) is 0 Å². The summed E-state index contributed by atoms with van der Waals surface area (Å²) in [6.45, 7) is 3.81. The van der Waals surface area contributed by atoms with Crippen molar-refractivity contribution < 1.29 is 9.90 Å². The number of β-amino-alcohol motifs (C(OH)–C–C–N with tert-alkyl or cyclic N) is 1. The molecule has 116 valence electrons. The van der Waals surface area contributed by atoms with E-state index in [1.807, 2.05) is 29.2 Å². The third-order valence-corrected chi connectivity index (χ3v) is 3.85. The summed E-state index contributed by atoms with van der Waals surface area (Å²) in [5.74, 6) is 0.0330. The highest BCUT2D eigenvalue weighted by molar-refractivity contribution is 5.94. The molecule has 22 heavy (non-hydrogen) atoms. The summed E-state index contributed by atoms with van der Waals surface area (Å²) >= 11 is 0.